The maximum Gasteiger partial charge on any atom is 0.127 e. The lowest BCUT2D eigenvalue weighted by molar-refractivity contribution is 0.305. The zero-order valence-electron chi connectivity index (χ0n) is 19.8. The van der Waals surface area contributed by atoms with Gasteiger partial charge in [-0.1, -0.05) is 97.1 Å². The molecule has 0 aliphatic heterocycles. The third kappa shape index (κ3) is 6.05. The highest BCUT2D eigenvalue weighted by Gasteiger charge is 2.09. The Labute approximate surface area is 202 Å². The number of allylic oxidation sites excluding steroid dienone is 2. The minimum Gasteiger partial charge on any atom is -0.488 e. The zero-order chi connectivity index (χ0) is 23.6. The van der Waals surface area contributed by atoms with Gasteiger partial charge in [0.2, 0.25) is 0 Å². The molecule has 0 N–H and O–H groups in total. The standard InChI is InChI=1S/C32H30O2/c1-3-11-29-21-27(17-19-31(29)33-23-25-13-7-5-8-14-25)28-18-20-32(30(22-28)12-4-2)34-24-26-15-9-6-10-16-26/h3-22H,23-24H2,1-2H3/b11-3+,12-4+. The Morgan fingerprint density at radius 3 is 1.32 bits per heavy atom. The molecule has 0 unspecified atom stereocenters. The van der Waals surface area contributed by atoms with Crippen molar-refractivity contribution in [1.29, 1.82) is 0 Å². The van der Waals surface area contributed by atoms with Crippen molar-refractivity contribution < 1.29 is 9.47 Å². The van der Waals surface area contributed by atoms with Crippen molar-refractivity contribution in [3.05, 3.63) is 131 Å². The molecule has 0 saturated heterocycles. The third-order valence-corrected chi connectivity index (χ3v) is 5.52. The summed E-state index contributed by atoms with van der Waals surface area (Å²) >= 11 is 0. The summed E-state index contributed by atoms with van der Waals surface area (Å²) in [5.41, 5.74) is 6.71. The van der Waals surface area contributed by atoms with Gasteiger partial charge in [-0.25, -0.2) is 0 Å². The van der Waals surface area contributed by atoms with Gasteiger partial charge in [-0.3, -0.25) is 0 Å². The van der Waals surface area contributed by atoms with Crippen molar-refractivity contribution in [1.82, 2.24) is 0 Å². The summed E-state index contributed by atoms with van der Waals surface area (Å²) in [6.07, 6.45) is 8.27. The molecular formula is C32H30O2. The van der Waals surface area contributed by atoms with Gasteiger partial charge in [0.25, 0.3) is 0 Å². The number of benzene rings is 4. The summed E-state index contributed by atoms with van der Waals surface area (Å²) in [5.74, 6) is 1.75. The van der Waals surface area contributed by atoms with Gasteiger partial charge in [0.1, 0.15) is 24.7 Å². The average Bonchev–Trinajstić information content (AvgIpc) is 2.89. The molecule has 0 radical (unpaired) electrons. The van der Waals surface area contributed by atoms with Crippen molar-refractivity contribution in [3.8, 4) is 22.6 Å². The molecule has 0 amide bonds. The second-order valence-electron chi connectivity index (χ2n) is 8.05. The molecular weight excluding hydrogens is 416 g/mol. The summed E-state index contributed by atoms with van der Waals surface area (Å²) in [6.45, 7) is 5.14. The molecule has 0 aromatic heterocycles. The van der Waals surface area contributed by atoms with Crippen LogP contribution in [0.4, 0.5) is 0 Å². The predicted molar refractivity (Wildman–Crippen MR) is 143 cm³/mol. The number of rotatable bonds is 9. The number of ether oxygens (including phenoxy) is 2. The van der Waals surface area contributed by atoms with Gasteiger partial charge in [-0.05, 0) is 60.4 Å². The second-order valence-corrected chi connectivity index (χ2v) is 8.05. The summed E-state index contributed by atoms with van der Waals surface area (Å²) in [7, 11) is 0. The number of hydrogen-bond acceptors (Lipinski definition) is 2. The highest BCUT2D eigenvalue weighted by molar-refractivity contribution is 5.74. The minimum absolute atomic E-state index is 0.545. The van der Waals surface area contributed by atoms with E-state index < -0.39 is 0 Å². The van der Waals surface area contributed by atoms with Crippen molar-refractivity contribution in [3.63, 3.8) is 0 Å². The van der Waals surface area contributed by atoms with Crippen LogP contribution in [0.3, 0.4) is 0 Å². The topological polar surface area (TPSA) is 18.5 Å². The van der Waals surface area contributed by atoms with Crippen molar-refractivity contribution in [2.75, 3.05) is 0 Å². The molecule has 4 rings (SSSR count). The van der Waals surface area contributed by atoms with E-state index in [0.717, 1.165) is 44.9 Å². The Hall–Kier alpha value is -4.04. The quantitative estimate of drug-likeness (QED) is 0.256. The molecule has 0 heterocycles. The first kappa shape index (κ1) is 23.1. The molecule has 34 heavy (non-hydrogen) atoms. The zero-order valence-corrected chi connectivity index (χ0v) is 19.8. The molecule has 4 aromatic carbocycles. The summed E-state index contributed by atoms with van der Waals surface area (Å²) in [6, 6.07) is 33.2. The lowest BCUT2D eigenvalue weighted by atomic mass is 9.99. The largest absolute Gasteiger partial charge is 0.488 e. The molecule has 4 aromatic rings. The smallest absolute Gasteiger partial charge is 0.127 e. The van der Waals surface area contributed by atoms with E-state index in [0.29, 0.717) is 13.2 Å². The number of hydrogen-bond donors (Lipinski definition) is 0. The van der Waals surface area contributed by atoms with E-state index in [-0.39, 0.29) is 0 Å². The lowest BCUT2D eigenvalue weighted by Gasteiger charge is -2.14. The highest BCUT2D eigenvalue weighted by atomic mass is 16.5. The monoisotopic (exact) mass is 446 g/mol. The van der Waals surface area contributed by atoms with Gasteiger partial charge >= 0.3 is 0 Å². The van der Waals surface area contributed by atoms with E-state index >= 15 is 0 Å². The molecule has 0 fully saturated rings. The summed E-state index contributed by atoms with van der Waals surface area (Å²) < 4.78 is 12.3. The van der Waals surface area contributed by atoms with Gasteiger partial charge in [0.15, 0.2) is 0 Å². The molecule has 2 nitrogen and oxygen atoms in total. The van der Waals surface area contributed by atoms with Crippen molar-refractivity contribution in [2.45, 2.75) is 27.1 Å². The van der Waals surface area contributed by atoms with E-state index in [1.807, 2.05) is 62.4 Å². The molecule has 170 valence electrons. The van der Waals surface area contributed by atoms with Gasteiger partial charge < -0.3 is 9.47 Å². The van der Waals surface area contributed by atoms with Gasteiger partial charge in [0, 0.05) is 11.1 Å². The van der Waals surface area contributed by atoms with Gasteiger partial charge in [-0.15, -0.1) is 0 Å². The Balaban J connectivity index is 1.57. The molecule has 0 bridgehead atoms. The highest BCUT2D eigenvalue weighted by Crippen LogP contribution is 2.32. The van der Waals surface area contributed by atoms with Gasteiger partial charge in [-0.2, -0.15) is 0 Å². The van der Waals surface area contributed by atoms with Crippen LogP contribution in [0, 0.1) is 0 Å². The Kier molecular flexibility index (Phi) is 7.97. The normalized spacial score (nSPS) is 11.2. The van der Waals surface area contributed by atoms with E-state index in [1.54, 1.807) is 0 Å². The van der Waals surface area contributed by atoms with E-state index in [9.17, 15) is 0 Å². The molecule has 0 atom stereocenters. The first-order valence-corrected chi connectivity index (χ1v) is 11.6. The SMILES string of the molecule is C/C=C/c1cc(-c2ccc(OCc3ccccc3)c(/C=C/C)c2)ccc1OCc1ccccc1. The second kappa shape index (κ2) is 11.7. The fourth-order valence-electron chi connectivity index (χ4n) is 3.81. The molecule has 0 saturated carbocycles. The van der Waals surface area contributed by atoms with Crippen LogP contribution in [0.5, 0.6) is 11.5 Å². The Morgan fingerprint density at radius 1 is 0.529 bits per heavy atom. The van der Waals surface area contributed by atoms with Crippen LogP contribution in [0.15, 0.2) is 109 Å². The van der Waals surface area contributed by atoms with Gasteiger partial charge in [0.05, 0.1) is 0 Å². The van der Waals surface area contributed by atoms with Crippen molar-refractivity contribution in [2.24, 2.45) is 0 Å². The summed E-state index contributed by atoms with van der Waals surface area (Å²) in [4.78, 5) is 0. The Morgan fingerprint density at radius 2 is 0.941 bits per heavy atom. The third-order valence-electron chi connectivity index (χ3n) is 5.52. The lowest BCUT2D eigenvalue weighted by Crippen LogP contribution is -1.98. The maximum atomic E-state index is 6.14. The predicted octanol–water partition coefficient (Wildman–Crippen LogP) is 8.58. The van der Waals surface area contributed by atoms with Crippen molar-refractivity contribution >= 4 is 12.2 Å². The molecule has 0 spiro atoms. The first-order chi connectivity index (χ1) is 16.8. The Bertz CT molecular complexity index is 1150. The van der Waals surface area contributed by atoms with Crippen LogP contribution in [0.25, 0.3) is 23.3 Å². The van der Waals surface area contributed by atoms with Crippen LogP contribution in [0.2, 0.25) is 0 Å². The van der Waals surface area contributed by atoms with Crippen LogP contribution in [0.1, 0.15) is 36.1 Å². The minimum atomic E-state index is 0.545. The molecule has 0 aliphatic rings. The first-order valence-electron chi connectivity index (χ1n) is 11.6. The average molecular weight is 447 g/mol. The van der Waals surface area contributed by atoms with Crippen LogP contribution < -0.4 is 9.47 Å². The van der Waals surface area contributed by atoms with E-state index in [1.165, 1.54) is 0 Å². The molecule has 0 aliphatic carbocycles. The van der Waals surface area contributed by atoms with E-state index in [4.69, 9.17) is 9.47 Å². The molecule has 2 heteroatoms. The maximum absolute atomic E-state index is 6.14. The van der Waals surface area contributed by atoms with Crippen LogP contribution >= 0.6 is 0 Å². The fraction of sp³-hybridized carbons (Fsp3) is 0.125. The van der Waals surface area contributed by atoms with Crippen LogP contribution in [-0.2, 0) is 13.2 Å². The van der Waals surface area contributed by atoms with E-state index in [2.05, 4.69) is 72.8 Å². The fourth-order valence-corrected chi connectivity index (χ4v) is 3.81. The summed E-state index contributed by atoms with van der Waals surface area (Å²) in [5, 5.41) is 0. The van der Waals surface area contributed by atoms with Crippen LogP contribution in [-0.4, -0.2) is 0 Å².